The highest BCUT2D eigenvalue weighted by Crippen LogP contribution is 2.29. The van der Waals surface area contributed by atoms with Gasteiger partial charge in [0.05, 0.1) is 31.1 Å². The van der Waals surface area contributed by atoms with Crippen molar-refractivity contribution in [2.75, 3.05) is 13.7 Å². The normalized spacial score (nSPS) is 16.0. The summed E-state index contributed by atoms with van der Waals surface area (Å²) in [6.45, 7) is 1.40. The fraction of sp³-hybridized carbons (Fsp3) is 0.450. The Hall–Kier alpha value is -2.92. The number of methoxy groups -OCH3 is 1. The Morgan fingerprint density at radius 2 is 2.23 bits per heavy atom. The lowest BCUT2D eigenvalue weighted by Gasteiger charge is -2.14. The first-order chi connectivity index (χ1) is 15.1. The number of thioether (sulfide) groups is 1. The van der Waals surface area contributed by atoms with Gasteiger partial charge >= 0.3 is 0 Å². The lowest BCUT2D eigenvalue weighted by molar-refractivity contribution is -0.118. The number of carbonyl (C=O) groups is 1. The molecule has 0 saturated carbocycles. The number of aryl methyl sites for hydroxylation is 1. The van der Waals surface area contributed by atoms with E-state index in [1.807, 2.05) is 28.8 Å². The molecule has 1 atom stereocenters. The van der Waals surface area contributed by atoms with Gasteiger partial charge in [0.15, 0.2) is 5.16 Å². The van der Waals surface area contributed by atoms with Crippen molar-refractivity contribution >= 4 is 17.7 Å². The van der Waals surface area contributed by atoms with Crippen molar-refractivity contribution in [3.8, 4) is 17.1 Å². The summed E-state index contributed by atoms with van der Waals surface area (Å²) in [5.41, 5.74) is 6.07. The van der Waals surface area contributed by atoms with Gasteiger partial charge in [-0.25, -0.2) is 0 Å². The highest BCUT2D eigenvalue weighted by Gasteiger charge is 2.22. The first kappa shape index (κ1) is 21.3. The second kappa shape index (κ2) is 9.92. The van der Waals surface area contributed by atoms with Crippen LogP contribution < -0.4 is 10.5 Å². The summed E-state index contributed by atoms with van der Waals surface area (Å²) in [5, 5.41) is 13.4. The highest BCUT2D eigenvalue weighted by atomic mass is 32.2. The molecule has 2 aromatic heterocycles. The molecule has 1 fully saturated rings. The average Bonchev–Trinajstić information content (AvgIpc) is 3.53. The standard InChI is InChI=1S/C20H24N6O4S/c1-28-15-7-3-2-6-14(15)19-22-18(30-25-19)12-31-20-24-23-17(9-8-16(21)27)26(20)11-13-5-4-10-29-13/h2-3,6-7,13H,4-5,8-12H2,1H3,(H2,21,27)/t13-/m0/s1. The zero-order valence-electron chi connectivity index (χ0n) is 17.2. The maximum Gasteiger partial charge on any atom is 0.237 e. The first-order valence-electron chi connectivity index (χ1n) is 10.0. The van der Waals surface area contributed by atoms with Crippen LogP contribution in [0, 0.1) is 0 Å². The number of amides is 1. The van der Waals surface area contributed by atoms with Gasteiger partial charge < -0.3 is 24.3 Å². The third-order valence-electron chi connectivity index (χ3n) is 4.94. The van der Waals surface area contributed by atoms with Crippen molar-refractivity contribution in [2.45, 2.75) is 49.2 Å². The Morgan fingerprint density at radius 1 is 1.35 bits per heavy atom. The van der Waals surface area contributed by atoms with Gasteiger partial charge in [0.2, 0.25) is 17.6 Å². The van der Waals surface area contributed by atoms with Gasteiger partial charge in [-0.2, -0.15) is 4.98 Å². The number of carbonyl (C=O) groups excluding carboxylic acids is 1. The Kier molecular flexibility index (Phi) is 6.82. The van der Waals surface area contributed by atoms with Gasteiger partial charge in [0.25, 0.3) is 0 Å². The summed E-state index contributed by atoms with van der Waals surface area (Å²) in [5.74, 6) is 2.40. The molecule has 3 heterocycles. The molecule has 1 aliphatic rings. The van der Waals surface area contributed by atoms with E-state index in [4.69, 9.17) is 19.7 Å². The van der Waals surface area contributed by atoms with E-state index >= 15 is 0 Å². The minimum Gasteiger partial charge on any atom is -0.496 e. The van der Waals surface area contributed by atoms with E-state index in [1.54, 1.807) is 7.11 Å². The lowest BCUT2D eigenvalue weighted by atomic mass is 10.2. The number of hydrogen-bond donors (Lipinski definition) is 1. The molecule has 0 unspecified atom stereocenters. The van der Waals surface area contributed by atoms with Crippen LogP contribution in [0.15, 0.2) is 33.9 Å². The number of hydrogen-bond acceptors (Lipinski definition) is 9. The van der Waals surface area contributed by atoms with Crippen LogP contribution in [0.5, 0.6) is 5.75 Å². The minimum absolute atomic E-state index is 0.114. The predicted molar refractivity (Wildman–Crippen MR) is 112 cm³/mol. The van der Waals surface area contributed by atoms with Crippen LogP contribution in [0.25, 0.3) is 11.4 Å². The van der Waals surface area contributed by atoms with E-state index in [-0.39, 0.29) is 18.4 Å². The van der Waals surface area contributed by atoms with Crippen LogP contribution in [0.1, 0.15) is 31.0 Å². The summed E-state index contributed by atoms with van der Waals surface area (Å²) in [4.78, 5) is 15.7. The third kappa shape index (κ3) is 5.23. The van der Waals surface area contributed by atoms with Crippen LogP contribution in [0.2, 0.25) is 0 Å². The van der Waals surface area contributed by atoms with Gasteiger partial charge in [0, 0.05) is 19.4 Å². The fourth-order valence-electron chi connectivity index (χ4n) is 3.40. The van der Waals surface area contributed by atoms with Crippen LogP contribution in [0.3, 0.4) is 0 Å². The monoisotopic (exact) mass is 444 g/mol. The lowest BCUT2D eigenvalue weighted by Crippen LogP contribution is -2.19. The second-order valence-electron chi connectivity index (χ2n) is 7.11. The Morgan fingerprint density at radius 3 is 3.00 bits per heavy atom. The number of primary amides is 1. The SMILES string of the molecule is COc1ccccc1-c1noc(CSc2nnc(CCC(N)=O)n2C[C@@H]2CCCO2)n1. The molecule has 0 spiro atoms. The maximum absolute atomic E-state index is 11.2. The number of para-hydroxylation sites is 1. The largest absolute Gasteiger partial charge is 0.496 e. The molecule has 1 saturated heterocycles. The molecule has 0 bridgehead atoms. The maximum atomic E-state index is 11.2. The molecule has 0 radical (unpaired) electrons. The molecule has 1 aromatic carbocycles. The Balaban J connectivity index is 1.47. The zero-order valence-corrected chi connectivity index (χ0v) is 18.0. The van der Waals surface area contributed by atoms with Crippen molar-refractivity contribution in [3.05, 3.63) is 36.0 Å². The molecular weight excluding hydrogens is 420 g/mol. The molecule has 31 heavy (non-hydrogen) atoms. The molecule has 11 heteroatoms. The molecule has 2 N–H and O–H groups in total. The fourth-order valence-corrected chi connectivity index (χ4v) is 4.20. The summed E-state index contributed by atoms with van der Waals surface area (Å²) in [7, 11) is 1.60. The Labute approximate surface area is 183 Å². The van der Waals surface area contributed by atoms with E-state index in [2.05, 4.69) is 20.3 Å². The van der Waals surface area contributed by atoms with Crippen LogP contribution in [-0.4, -0.2) is 50.6 Å². The minimum atomic E-state index is -0.365. The van der Waals surface area contributed by atoms with Crippen molar-refractivity contribution in [2.24, 2.45) is 5.73 Å². The van der Waals surface area contributed by atoms with Gasteiger partial charge in [-0.15, -0.1) is 10.2 Å². The molecule has 164 valence electrons. The number of benzene rings is 1. The average molecular weight is 445 g/mol. The van der Waals surface area contributed by atoms with E-state index in [0.717, 1.165) is 30.8 Å². The Bertz CT molecular complexity index is 1030. The molecule has 4 rings (SSSR count). The smallest absolute Gasteiger partial charge is 0.237 e. The topological polar surface area (TPSA) is 131 Å². The summed E-state index contributed by atoms with van der Waals surface area (Å²) >= 11 is 1.45. The van der Waals surface area contributed by atoms with Crippen LogP contribution in [0.4, 0.5) is 0 Å². The number of nitrogens with two attached hydrogens (primary N) is 1. The van der Waals surface area contributed by atoms with E-state index in [0.29, 0.717) is 41.3 Å². The predicted octanol–water partition coefficient (Wildman–Crippen LogP) is 2.23. The summed E-state index contributed by atoms with van der Waals surface area (Å²) in [6.07, 6.45) is 2.81. The number of ether oxygens (including phenoxy) is 2. The third-order valence-corrected chi connectivity index (χ3v) is 5.89. The molecule has 3 aromatic rings. The quantitative estimate of drug-likeness (QED) is 0.468. The zero-order chi connectivity index (χ0) is 21.6. The molecule has 0 aliphatic carbocycles. The van der Waals surface area contributed by atoms with Gasteiger partial charge in [-0.3, -0.25) is 4.79 Å². The molecule has 1 aliphatic heterocycles. The second-order valence-corrected chi connectivity index (χ2v) is 8.05. The highest BCUT2D eigenvalue weighted by molar-refractivity contribution is 7.98. The molecule has 1 amide bonds. The number of nitrogens with zero attached hydrogens (tertiary/aromatic N) is 5. The van der Waals surface area contributed by atoms with Crippen molar-refractivity contribution in [1.29, 1.82) is 0 Å². The van der Waals surface area contributed by atoms with Crippen LogP contribution >= 0.6 is 11.8 Å². The molecule has 10 nitrogen and oxygen atoms in total. The van der Waals surface area contributed by atoms with Gasteiger partial charge in [-0.05, 0) is 25.0 Å². The van der Waals surface area contributed by atoms with Gasteiger partial charge in [0.1, 0.15) is 11.6 Å². The molecular formula is C20H24N6O4S. The number of aromatic nitrogens is 5. The van der Waals surface area contributed by atoms with Crippen molar-refractivity contribution in [1.82, 2.24) is 24.9 Å². The van der Waals surface area contributed by atoms with E-state index in [1.165, 1.54) is 11.8 Å². The van der Waals surface area contributed by atoms with Gasteiger partial charge in [-0.1, -0.05) is 29.1 Å². The van der Waals surface area contributed by atoms with Crippen molar-refractivity contribution in [3.63, 3.8) is 0 Å². The summed E-state index contributed by atoms with van der Waals surface area (Å²) in [6, 6.07) is 7.50. The summed E-state index contributed by atoms with van der Waals surface area (Å²) < 4.78 is 18.6. The first-order valence-corrected chi connectivity index (χ1v) is 11.0. The van der Waals surface area contributed by atoms with Crippen molar-refractivity contribution < 1.29 is 18.8 Å². The van der Waals surface area contributed by atoms with Crippen LogP contribution in [-0.2, 0) is 28.2 Å². The number of rotatable bonds is 10. The van der Waals surface area contributed by atoms with E-state index in [9.17, 15) is 4.79 Å². The van der Waals surface area contributed by atoms with E-state index < -0.39 is 0 Å².